The third-order valence-electron chi connectivity index (χ3n) is 2.21. The van der Waals surface area contributed by atoms with Crippen molar-refractivity contribution in [1.29, 1.82) is 0 Å². The average Bonchev–Trinajstić information content (AvgIpc) is 2.28. The minimum absolute atomic E-state index is 0.409. The van der Waals surface area contributed by atoms with E-state index < -0.39 is 0 Å². The first-order valence-electron chi connectivity index (χ1n) is 4.77. The molecule has 0 amide bonds. The number of rotatable bonds is 5. The summed E-state index contributed by atoms with van der Waals surface area (Å²) < 4.78 is 5.06. The van der Waals surface area contributed by atoms with E-state index in [0.29, 0.717) is 17.9 Å². The molecule has 0 aliphatic rings. The maximum atomic E-state index is 5.06. The summed E-state index contributed by atoms with van der Waals surface area (Å²) >= 11 is 1.81. The quantitative estimate of drug-likeness (QED) is 0.765. The number of hydrogen-bond donors (Lipinski definition) is 0. The van der Waals surface area contributed by atoms with Crippen molar-refractivity contribution in [2.45, 2.75) is 13.0 Å². The molecule has 1 heterocycles. The second-order valence-electron chi connectivity index (χ2n) is 3.31. The van der Waals surface area contributed by atoms with Crippen LogP contribution in [0.15, 0.2) is 12.3 Å². The molecule has 1 unspecified atom stereocenters. The van der Waals surface area contributed by atoms with Crippen molar-refractivity contribution < 1.29 is 4.74 Å². The number of anilines is 1. The zero-order valence-electron chi connectivity index (χ0n) is 9.60. The molecule has 0 bridgehead atoms. The number of methoxy groups -OCH3 is 1. The molecule has 1 rings (SSSR count). The molecule has 0 radical (unpaired) electrons. The fraction of sp³-hybridized carbons (Fsp3) is 0.600. The second kappa shape index (κ2) is 5.80. The van der Waals surface area contributed by atoms with E-state index in [1.807, 2.05) is 18.8 Å². The zero-order chi connectivity index (χ0) is 11.3. The molecule has 1 aromatic rings. The number of aromatic nitrogens is 2. The van der Waals surface area contributed by atoms with Crippen LogP contribution in [0.1, 0.15) is 6.92 Å². The highest BCUT2D eigenvalue weighted by molar-refractivity contribution is 7.98. The Bertz CT molecular complexity index is 308. The molecule has 0 aromatic carbocycles. The van der Waals surface area contributed by atoms with Crippen LogP contribution in [0.3, 0.4) is 0 Å². The van der Waals surface area contributed by atoms with Crippen LogP contribution >= 0.6 is 11.8 Å². The highest BCUT2D eigenvalue weighted by Crippen LogP contribution is 2.14. The highest BCUT2D eigenvalue weighted by atomic mass is 32.2. The lowest BCUT2D eigenvalue weighted by Crippen LogP contribution is -2.32. The van der Waals surface area contributed by atoms with Gasteiger partial charge in [-0.25, -0.2) is 4.98 Å². The summed E-state index contributed by atoms with van der Waals surface area (Å²) in [6.07, 6.45) is 3.81. The molecule has 84 valence electrons. The molecular weight excluding hydrogens is 210 g/mol. The van der Waals surface area contributed by atoms with Gasteiger partial charge in [-0.15, -0.1) is 0 Å². The highest BCUT2D eigenvalue weighted by Gasteiger charge is 2.12. The summed E-state index contributed by atoms with van der Waals surface area (Å²) in [5.41, 5.74) is 0. The molecule has 15 heavy (non-hydrogen) atoms. The van der Waals surface area contributed by atoms with Crippen LogP contribution in [-0.2, 0) is 0 Å². The molecule has 1 aromatic heterocycles. The molecular formula is C10H17N3OS. The van der Waals surface area contributed by atoms with Crippen LogP contribution in [0.25, 0.3) is 0 Å². The molecule has 0 saturated heterocycles. The lowest BCUT2D eigenvalue weighted by molar-refractivity contribution is 0.396. The van der Waals surface area contributed by atoms with E-state index in [2.05, 4.69) is 28.0 Å². The molecule has 4 nitrogen and oxygen atoms in total. The normalized spacial score (nSPS) is 12.3. The van der Waals surface area contributed by atoms with E-state index in [-0.39, 0.29) is 0 Å². The predicted octanol–water partition coefficient (Wildman–Crippen LogP) is 1.67. The number of hydrogen-bond acceptors (Lipinski definition) is 5. The van der Waals surface area contributed by atoms with Crippen LogP contribution in [-0.4, -0.2) is 42.2 Å². The Morgan fingerprint density at radius 3 is 2.93 bits per heavy atom. The minimum Gasteiger partial charge on any atom is -0.481 e. The summed E-state index contributed by atoms with van der Waals surface area (Å²) in [4.78, 5) is 10.5. The van der Waals surface area contributed by atoms with Gasteiger partial charge in [0.1, 0.15) is 0 Å². The van der Waals surface area contributed by atoms with Gasteiger partial charge in [0, 0.05) is 31.1 Å². The number of thioether (sulfide) groups is 1. The minimum atomic E-state index is 0.409. The SMILES string of the molecule is COc1ccnc(N(C)C(C)CSC)n1. The van der Waals surface area contributed by atoms with E-state index in [1.54, 1.807) is 19.4 Å². The number of ether oxygens (including phenoxy) is 1. The molecule has 5 heteroatoms. The Kier molecular flexibility index (Phi) is 4.68. The first kappa shape index (κ1) is 12.1. The topological polar surface area (TPSA) is 38.2 Å². The maximum absolute atomic E-state index is 5.06. The smallest absolute Gasteiger partial charge is 0.228 e. The number of nitrogens with zero attached hydrogens (tertiary/aromatic N) is 3. The second-order valence-corrected chi connectivity index (χ2v) is 4.22. The first-order chi connectivity index (χ1) is 7.19. The summed E-state index contributed by atoms with van der Waals surface area (Å²) in [5.74, 6) is 2.36. The molecule has 1 atom stereocenters. The van der Waals surface area contributed by atoms with E-state index in [9.17, 15) is 0 Å². The molecule has 0 spiro atoms. The van der Waals surface area contributed by atoms with Crippen molar-refractivity contribution in [3.05, 3.63) is 12.3 Å². The van der Waals surface area contributed by atoms with Gasteiger partial charge >= 0.3 is 0 Å². The zero-order valence-corrected chi connectivity index (χ0v) is 10.4. The van der Waals surface area contributed by atoms with Crippen LogP contribution in [0.5, 0.6) is 5.88 Å². The van der Waals surface area contributed by atoms with Crippen molar-refractivity contribution in [2.24, 2.45) is 0 Å². The summed E-state index contributed by atoms with van der Waals surface area (Å²) in [5, 5.41) is 0. The van der Waals surface area contributed by atoms with Gasteiger partial charge in [0.05, 0.1) is 7.11 Å². The summed E-state index contributed by atoms with van der Waals surface area (Å²) in [6.45, 7) is 2.15. The van der Waals surface area contributed by atoms with Crippen LogP contribution in [0.2, 0.25) is 0 Å². The van der Waals surface area contributed by atoms with Crippen molar-refractivity contribution in [3.8, 4) is 5.88 Å². The molecule has 0 fully saturated rings. The molecule has 0 N–H and O–H groups in total. The van der Waals surface area contributed by atoms with Crippen molar-refractivity contribution in [2.75, 3.05) is 31.1 Å². The third kappa shape index (κ3) is 3.27. The van der Waals surface area contributed by atoms with Crippen LogP contribution in [0.4, 0.5) is 5.95 Å². The monoisotopic (exact) mass is 227 g/mol. The first-order valence-corrected chi connectivity index (χ1v) is 6.17. The summed E-state index contributed by atoms with van der Waals surface area (Å²) in [7, 11) is 3.60. The van der Waals surface area contributed by atoms with Gasteiger partial charge in [-0.2, -0.15) is 16.7 Å². The van der Waals surface area contributed by atoms with Gasteiger partial charge in [0.25, 0.3) is 0 Å². The van der Waals surface area contributed by atoms with E-state index in [1.165, 1.54) is 0 Å². The molecule has 0 aliphatic heterocycles. The molecule has 0 saturated carbocycles. The fourth-order valence-electron chi connectivity index (χ4n) is 1.17. The van der Waals surface area contributed by atoms with Gasteiger partial charge in [0.15, 0.2) is 0 Å². The summed E-state index contributed by atoms with van der Waals surface area (Å²) in [6, 6.07) is 2.16. The third-order valence-corrected chi connectivity index (χ3v) is 3.03. The predicted molar refractivity (Wildman–Crippen MR) is 64.8 cm³/mol. The van der Waals surface area contributed by atoms with Gasteiger partial charge in [-0.1, -0.05) is 0 Å². The largest absolute Gasteiger partial charge is 0.481 e. The Labute approximate surface area is 95.1 Å². The van der Waals surface area contributed by atoms with Gasteiger partial charge < -0.3 is 9.64 Å². The Morgan fingerprint density at radius 1 is 1.60 bits per heavy atom. The average molecular weight is 227 g/mol. The van der Waals surface area contributed by atoms with Crippen LogP contribution < -0.4 is 9.64 Å². The van der Waals surface area contributed by atoms with Gasteiger partial charge in [-0.05, 0) is 13.2 Å². The Morgan fingerprint density at radius 2 is 2.33 bits per heavy atom. The standard InChI is InChI=1S/C10H17N3OS/c1-8(7-15-4)13(2)10-11-6-5-9(12-10)14-3/h5-6,8H,7H2,1-4H3. The Balaban J connectivity index is 2.76. The lowest BCUT2D eigenvalue weighted by Gasteiger charge is -2.24. The van der Waals surface area contributed by atoms with E-state index in [4.69, 9.17) is 4.74 Å². The van der Waals surface area contributed by atoms with Crippen LogP contribution in [0, 0.1) is 0 Å². The Hall–Kier alpha value is -0.970. The van der Waals surface area contributed by atoms with Gasteiger partial charge in [-0.3, -0.25) is 0 Å². The van der Waals surface area contributed by atoms with Crippen molar-refractivity contribution in [1.82, 2.24) is 9.97 Å². The maximum Gasteiger partial charge on any atom is 0.228 e. The van der Waals surface area contributed by atoms with Gasteiger partial charge in [0.2, 0.25) is 11.8 Å². The molecule has 0 aliphatic carbocycles. The van der Waals surface area contributed by atoms with E-state index in [0.717, 1.165) is 5.75 Å². The fourth-order valence-corrected chi connectivity index (χ4v) is 1.87. The van der Waals surface area contributed by atoms with Crippen molar-refractivity contribution in [3.63, 3.8) is 0 Å². The van der Waals surface area contributed by atoms with Crippen molar-refractivity contribution >= 4 is 17.7 Å². The lowest BCUT2D eigenvalue weighted by atomic mass is 10.3. The van der Waals surface area contributed by atoms with E-state index >= 15 is 0 Å².